The lowest BCUT2D eigenvalue weighted by Crippen LogP contribution is -2.25. The molecule has 1 aromatic heterocycles. The van der Waals surface area contributed by atoms with Crippen LogP contribution in [0.3, 0.4) is 0 Å². The summed E-state index contributed by atoms with van der Waals surface area (Å²) in [4.78, 5) is 13.0. The Kier molecular flexibility index (Phi) is 7.16. The zero-order valence-corrected chi connectivity index (χ0v) is 21.3. The van der Waals surface area contributed by atoms with E-state index in [9.17, 15) is 13.2 Å². The van der Waals surface area contributed by atoms with Gasteiger partial charge in [0, 0.05) is 11.4 Å². The summed E-state index contributed by atoms with van der Waals surface area (Å²) in [5, 5.41) is 1.96. The van der Waals surface area contributed by atoms with Gasteiger partial charge in [-0.25, -0.2) is 4.79 Å². The molecule has 0 saturated heterocycles. The Morgan fingerprint density at radius 3 is 2.17 bits per heavy atom. The Morgan fingerprint density at radius 1 is 0.861 bits per heavy atom. The fourth-order valence-electron chi connectivity index (χ4n) is 4.47. The van der Waals surface area contributed by atoms with E-state index in [2.05, 4.69) is 8.96 Å². The highest BCUT2D eigenvalue weighted by molar-refractivity contribution is 7.90. The molecule has 0 N–H and O–H groups in total. The highest BCUT2D eigenvalue weighted by Gasteiger charge is 2.22. The van der Waals surface area contributed by atoms with E-state index in [-0.39, 0.29) is 10.9 Å². The molecule has 1 aliphatic carbocycles. The van der Waals surface area contributed by atoms with E-state index in [4.69, 9.17) is 4.74 Å². The molecule has 1 saturated carbocycles. The second-order valence-corrected chi connectivity index (χ2v) is 11.2. The first-order valence-corrected chi connectivity index (χ1v) is 14.3. The number of nitrogens with zero attached hydrogens (tertiary/aromatic N) is 2. The number of sulfonamides is 1. The van der Waals surface area contributed by atoms with E-state index in [0.29, 0.717) is 16.1 Å². The predicted octanol–water partition coefficient (Wildman–Crippen LogP) is 6.23. The molecule has 6 nitrogen and oxygen atoms in total. The maximum atomic E-state index is 13.0. The van der Waals surface area contributed by atoms with Gasteiger partial charge in [-0.1, -0.05) is 55.7 Å². The van der Waals surface area contributed by atoms with Crippen molar-refractivity contribution in [1.82, 2.24) is 4.57 Å². The number of carbonyl (C=O) groups excluding carboxylic acids is 1. The summed E-state index contributed by atoms with van der Waals surface area (Å²) in [6, 6.07) is 24.6. The molecule has 1 heterocycles. The molecule has 0 spiro atoms. The van der Waals surface area contributed by atoms with Gasteiger partial charge in [-0.2, -0.15) is 8.42 Å². The second-order valence-electron chi connectivity index (χ2n) is 8.72. The number of aromatic nitrogens is 1. The van der Waals surface area contributed by atoms with E-state index in [1.807, 2.05) is 23.6 Å². The molecule has 0 amide bonds. The van der Waals surface area contributed by atoms with Gasteiger partial charge in [0.05, 0.1) is 16.2 Å². The minimum Gasteiger partial charge on any atom is -0.423 e. The molecule has 5 rings (SSSR count). The van der Waals surface area contributed by atoms with Gasteiger partial charge in [0.1, 0.15) is 5.75 Å². The van der Waals surface area contributed by atoms with Gasteiger partial charge in [-0.15, -0.1) is 15.7 Å². The standard InChI is InChI=1S/C28H26N2O4S2/c31-27(22-10-4-1-5-11-22)34-24-18-16-21(17-19-24)26-20-35-28(30(26)23-12-6-2-7-13-23)29-36(32,33)25-14-8-3-9-15-25/h1,3-5,8-11,14-20,23H,2,6-7,12-13H2/b29-28+. The molecule has 0 atom stereocenters. The van der Waals surface area contributed by atoms with Crippen LogP contribution in [0, 0.1) is 0 Å². The first-order chi connectivity index (χ1) is 17.5. The third kappa shape index (κ3) is 5.34. The maximum Gasteiger partial charge on any atom is 0.343 e. The van der Waals surface area contributed by atoms with E-state index >= 15 is 0 Å². The number of carbonyl (C=O) groups is 1. The molecule has 1 aliphatic rings. The van der Waals surface area contributed by atoms with Gasteiger partial charge in [-0.05, 0) is 66.9 Å². The summed E-state index contributed by atoms with van der Waals surface area (Å²) in [7, 11) is -3.83. The van der Waals surface area contributed by atoms with Gasteiger partial charge in [-0.3, -0.25) is 0 Å². The Morgan fingerprint density at radius 2 is 1.50 bits per heavy atom. The molecule has 1 fully saturated rings. The first-order valence-electron chi connectivity index (χ1n) is 11.9. The Balaban J connectivity index is 1.49. The number of hydrogen-bond donors (Lipinski definition) is 0. The number of thiazole rings is 1. The zero-order valence-electron chi connectivity index (χ0n) is 19.6. The lowest BCUT2D eigenvalue weighted by molar-refractivity contribution is 0.0734. The molecule has 3 aromatic carbocycles. The third-order valence-electron chi connectivity index (χ3n) is 6.29. The number of benzene rings is 3. The number of ether oxygens (including phenoxy) is 1. The number of esters is 1. The minimum atomic E-state index is -3.83. The molecule has 0 bridgehead atoms. The van der Waals surface area contributed by atoms with Crippen molar-refractivity contribution in [2.45, 2.75) is 43.0 Å². The molecule has 184 valence electrons. The molecule has 0 aliphatic heterocycles. The van der Waals surface area contributed by atoms with Gasteiger partial charge in [0.25, 0.3) is 10.0 Å². The Hall–Kier alpha value is -3.49. The molecule has 0 unspecified atom stereocenters. The van der Waals surface area contributed by atoms with E-state index in [0.717, 1.165) is 36.9 Å². The van der Waals surface area contributed by atoms with Crippen molar-refractivity contribution < 1.29 is 17.9 Å². The summed E-state index contributed by atoms with van der Waals surface area (Å²) < 4.78 is 37.9. The monoisotopic (exact) mass is 518 g/mol. The fraction of sp³-hybridized carbons (Fsp3) is 0.214. The average Bonchev–Trinajstić information content (AvgIpc) is 3.33. The Bertz CT molecular complexity index is 1500. The maximum absolute atomic E-state index is 13.0. The van der Waals surface area contributed by atoms with Crippen LogP contribution in [0.25, 0.3) is 11.3 Å². The summed E-state index contributed by atoms with van der Waals surface area (Å²) in [6.45, 7) is 0. The van der Waals surface area contributed by atoms with Gasteiger partial charge < -0.3 is 9.30 Å². The molecule has 4 aromatic rings. The van der Waals surface area contributed by atoms with Gasteiger partial charge in [0.15, 0.2) is 0 Å². The predicted molar refractivity (Wildman–Crippen MR) is 140 cm³/mol. The second kappa shape index (κ2) is 10.6. The minimum absolute atomic E-state index is 0.180. The molecular formula is C28H26N2O4S2. The molecule has 0 radical (unpaired) electrons. The Labute approximate surface area is 214 Å². The van der Waals surface area contributed by atoms with Crippen LogP contribution in [0.2, 0.25) is 0 Å². The first kappa shape index (κ1) is 24.2. The largest absolute Gasteiger partial charge is 0.423 e. The quantitative estimate of drug-likeness (QED) is 0.224. The van der Waals surface area contributed by atoms with Crippen molar-refractivity contribution in [1.29, 1.82) is 0 Å². The van der Waals surface area contributed by atoms with Gasteiger partial charge >= 0.3 is 5.97 Å². The van der Waals surface area contributed by atoms with Crippen molar-refractivity contribution in [3.63, 3.8) is 0 Å². The summed E-state index contributed by atoms with van der Waals surface area (Å²) in [5.74, 6) is 0.0342. The van der Waals surface area contributed by atoms with Crippen LogP contribution in [-0.2, 0) is 10.0 Å². The van der Waals surface area contributed by atoms with Crippen LogP contribution in [-0.4, -0.2) is 19.0 Å². The number of hydrogen-bond acceptors (Lipinski definition) is 5. The fourth-order valence-corrected chi connectivity index (χ4v) is 6.67. The van der Waals surface area contributed by atoms with E-state index in [1.54, 1.807) is 66.7 Å². The van der Waals surface area contributed by atoms with Crippen molar-refractivity contribution >= 4 is 27.3 Å². The van der Waals surface area contributed by atoms with Crippen LogP contribution < -0.4 is 9.54 Å². The zero-order chi connectivity index (χ0) is 25.0. The molecule has 8 heteroatoms. The lowest BCUT2D eigenvalue weighted by Gasteiger charge is -2.25. The average molecular weight is 519 g/mol. The van der Waals surface area contributed by atoms with Crippen LogP contribution >= 0.6 is 11.3 Å². The van der Waals surface area contributed by atoms with E-state index in [1.165, 1.54) is 17.8 Å². The summed E-state index contributed by atoms with van der Waals surface area (Å²) in [5.41, 5.74) is 2.31. The lowest BCUT2D eigenvalue weighted by atomic mass is 9.95. The van der Waals surface area contributed by atoms with E-state index < -0.39 is 16.0 Å². The summed E-state index contributed by atoms with van der Waals surface area (Å²) >= 11 is 1.33. The van der Waals surface area contributed by atoms with Crippen LogP contribution in [0.4, 0.5) is 0 Å². The normalized spacial score (nSPS) is 15.1. The molecule has 36 heavy (non-hydrogen) atoms. The van der Waals surface area contributed by atoms with Crippen molar-refractivity contribution in [2.24, 2.45) is 4.40 Å². The van der Waals surface area contributed by atoms with Crippen molar-refractivity contribution in [3.8, 4) is 17.0 Å². The van der Waals surface area contributed by atoms with Crippen molar-refractivity contribution in [3.05, 3.63) is 101 Å². The smallest absolute Gasteiger partial charge is 0.343 e. The highest BCUT2D eigenvalue weighted by Crippen LogP contribution is 2.33. The topological polar surface area (TPSA) is 77.7 Å². The number of rotatable bonds is 6. The van der Waals surface area contributed by atoms with Crippen LogP contribution in [0.1, 0.15) is 48.5 Å². The SMILES string of the molecule is O=C(Oc1ccc(-c2cs/c(=N/S(=O)(=O)c3ccccc3)n2C2CCCCC2)cc1)c1ccccc1. The third-order valence-corrected chi connectivity index (χ3v) is 8.53. The molecular weight excluding hydrogens is 492 g/mol. The van der Waals surface area contributed by atoms with Crippen LogP contribution in [0.5, 0.6) is 5.75 Å². The summed E-state index contributed by atoms with van der Waals surface area (Å²) in [6.07, 6.45) is 5.36. The highest BCUT2D eigenvalue weighted by atomic mass is 32.2. The van der Waals surface area contributed by atoms with Crippen molar-refractivity contribution in [2.75, 3.05) is 0 Å². The van der Waals surface area contributed by atoms with Gasteiger partial charge in [0.2, 0.25) is 4.80 Å². The van der Waals surface area contributed by atoms with Crippen LogP contribution in [0.15, 0.2) is 99.6 Å².